The number of aromatic hydroxyl groups is 1. The molecular weight excluding hydrogens is 216 g/mol. The number of aryl methyl sites for hydroxylation is 1. The van der Waals surface area contributed by atoms with E-state index in [1.165, 1.54) is 0 Å². The first-order valence-electron chi connectivity index (χ1n) is 5.94. The summed E-state index contributed by atoms with van der Waals surface area (Å²) < 4.78 is 0. The number of carbonyl (C=O) groups is 1. The largest absolute Gasteiger partial charge is 0.508 e. The van der Waals surface area contributed by atoms with Gasteiger partial charge in [-0.3, -0.25) is 4.79 Å². The molecule has 2 N–H and O–H groups in total. The number of amides is 1. The first kappa shape index (κ1) is 11.9. The van der Waals surface area contributed by atoms with E-state index in [2.05, 4.69) is 5.32 Å². The standard InChI is InChI=1S/C13H18N2O2/c1-10-2-3-11(8-12(10)16)9-13(17)15-6-4-14-5-7-15/h2-3,8,14,16H,4-7,9H2,1H3. The molecule has 0 bridgehead atoms. The molecule has 0 saturated carbocycles. The number of nitrogens with one attached hydrogen (secondary N) is 1. The van der Waals surface area contributed by atoms with Gasteiger partial charge in [0, 0.05) is 26.2 Å². The second-order valence-corrected chi connectivity index (χ2v) is 4.43. The highest BCUT2D eigenvalue weighted by atomic mass is 16.3. The minimum atomic E-state index is 0.134. The van der Waals surface area contributed by atoms with Gasteiger partial charge in [-0.05, 0) is 24.1 Å². The topological polar surface area (TPSA) is 52.6 Å². The van der Waals surface area contributed by atoms with Crippen molar-refractivity contribution in [3.8, 4) is 5.75 Å². The summed E-state index contributed by atoms with van der Waals surface area (Å²) in [5.74, 6) is 0.394. The van der Waals surface area contributed by atoms with Gasteiger partial charge in [-0.1, -0.05) is 12.1 Å². The Balaban J connectivity index is 1.99. The van der Waals surface area contributed by atoms with E-state index in [1.807, 2.05) is 24.0 Å². The van der Waals surface area contributed by atoms with E-state index in [0.29, 0.717) is 6.42 Å². The lowest BCUT2D eigenvalue weighted by Crippen LogP contribution is -2.46. The van der Waals surface area contributed by atoms with Crippen molar-refractivity contribution in [3.63, 3.8) is 0 Å². The monoisotopic (exact) mass is 234 g/mol. The van der Waals surface area contributed by atoms with Gasteiger partial charge in [-0.15, -0.1) is 0 Å². The predicted octanol–water partition coefficient (Wildman–Crippen LogP) is 0.675. The Morgan fingerprint density at radius 1 is 1.41 bits per heavy atom. The third-order valence-corrected chi connectivity index (χ3v) is 3.10. The third kappa shape index (κ3) is 2.97. The van der Waals surface area contributed by atoms with Crippen LogP contribution in [-0.2, 0) is 11.2 Å². The van der Waals surface area contributed by atoms with E-state index >= 15 is 0 Å². The lowest BCUT2D eigenvalue weighted by atomic mass is 10.1. The van der Waals surface area contributed by atoms with Crippen LogP contribution in [-0.4, -0.2) is 42.1 Å². The number of piperazine rings is 1. The first-order valence-corrected chi connectivity index (χ1v) is 5.94. The summed E-state index contributed by atoms with van der Waals surface area (Å²) >= 11 is 0. The zero-order chi connectivity index (χ0) is 12.3. The summed E-state index contributed by atoms with van der Waals surface area (Å²) in [4.78, 5) is 13.8. The number of phenolic OH excluding ortho intramolecular Hbond substituents is 1. The maximum absolute atomic E-state index is 12.0. The van der Waals surface area contributed by atoms with Gasteiger partial charge in [-0.25, -0.2) is 0 Å². The Morgan fingerprint density at radius 3 is 2.76 bits per heavy atom. The Bertz CT molecular complexity index is 412. The van der Waals surface area contributed by atoms with Gasteiger partial charge < -0.3 is 15.3 Å². The van der Waals surface area contributed by atoms with E-state index < -0.39 is 0 Å². The third-order valence-electron chi connectivity index (χ3n) is 3.10. The van der Waals surface area contributed by atoms with Crippen LogP contribution >= 0.6 is 0 Å². The van der Waals surface area contributed by atoms with Crippen LogP contribution in [0.4, 0.5) is 0 Å². The van der Waals surface area contributed by atoms with Crippen LogP contribution in [0, 0.1) is 6.92 Å². The van der Waals surface area contributed by atoms with Crippen molar-refractivity contribution in [1.29, 1.82) is 0 Å². The second-order valence-electron chi connectivity index (χ2n) is 4.43. The summed E-state index contributed by atoms with van der Waals surface area (Å²) in [6, 6.07) is 5.42. The summed E-state index contributed by atoms with van der Waals surface area (Å²) in [5, 5.41) is 12.8. The summed E-state index contributed by atoms with van der Waals surface area (Å²) in [5.41, 5.74) is 1.71. The van der Waals surface area contributed by atoms with E-state index in [1.54, 1.807) is 6.07 Å². The number of carbonyl (C=O) groups excluding carboxylic acids is 1. The number of benzene rings is 1. The van der Waals surface area contributed by atoms with Gasteiger partial charge in [-0.2, -0.15) is 0 Å². The first-order chi connectivity index (χ1) is 8.16. The Morgan fingerprint density at radius 2 is 2.12 bits per heavy atom. The maximum atomic E-state index is 12.0. The van der Waals surface area contributed by atoms with Crippen LogP contribution < -0.4 is 5.32 Å². The molecule has 2 rings (SSSR count). The molecule has 0 radical (unpaired) electrons. The molecule has 0 unspecified atom stereocenters. The van der Waals surface area contributed by atoms with Crippen molar-refractivity contribution in [2.24, 2.45) is 0 Å². The van der Waals surface area contributed by atoms with Crippen molar-refractivity contribution >= 4 is 5.91 Å². The quantitative estimate of drug-likeness (QED) is 0.791. The van der Waals surface area contributed by atoms with Crippen molar-refractivity contribution < 1.29 is 9.90 Å². The van der Waals surface area contributed by atoms with Crippen LogP contribution in [0.2, 0.25) is 0 Å². The molecule has 0 atom stereocenters. The van der Waals surface area contributed by atoms with Crippen LogP contribution in [0.1, 0.15) is 11.1 Å². The fourth-order valence-corrected chi connectivity index (χ4v) is 1.97. The Kier molecular flexibility index (Phi) is 3.64. The molecule has 1 amide bonds. The molecule has 1 aliphatic heterocycles. The zero-order valence-electron chi connectivity index (χ0n) is 10.1. The van der Waals surface area contributed by atoms with Gasteiger partial charge in [0.25, 0.3) is 0 Å². The molecule has 1 saturated heterocycles. The van der Waals surface area contributed by atoms with Crippen molar-refractivity contribution in [2.45, 2.75) is 13.3 Å². The van der Waals surface area contributed by atoms with E-state index in [-0.39, 0.29) is 11.7 Å². The smallest absolute Gasteiger partial charge is 0.227 e. The number of hydrogen-bond acceptors (Lipinski definition) is 3. The molecule has 1 aromatic carbocycles. The SMILES string of the molecule is Cc1ccc(CC(=O)N2CCNCC2)cc1O. The van der Waals surface area contributed by atoms with Crippen molar-refractivity contribution in [2.75, 3.05) is 26.2 Å². The summed E-state index contributed by atoms with van der Waals surface area (Å²) in [6.45, 7) is 5.13. The highest BCUT2D eigenvalue weighted by Gasteiger charge is 2.16. The number of nitrogens with zero attached hydrogens (tertiary/aromatic N) is 1. The zero-order valence-corrected chi connectivity index (χ0v) is 10.1. The Hall–Kier alpha value is -1.55. The van der Waals surface area contributed by atoms with Crippen LogP contribution in [0.15, 0.2) is 18.2 Å². The molecule has 0 aliphatic carbocycles. The van der Waals surface area contributed by atoms with Crippen LogP contribution in [0.3, 0.4) is 0 Å². The molecule has 1 fully saturated rings. The molecule has 1 heterocycles. The van der Waals surface area contributed by atoms with Gasteiger partial charge in [0.15, 0.2) is 0 Å². The van der Waals surface area contributed by atoms with Gasteiger partial charge in [0.05, 0.1) is 6.42 Å². The van der Waals surface area contributed by atoms with Crippen LogP contribution in [0.25, 0.3) is 0 Å². The van der Waals surface area contributed by atoms with Crippen molar-refractivity contribution in [3.05, 3.63) is 29.3 Å². The molecule has 0 spiro atoms. The lowest BCUT2D eigenvalue weighted by molar-refractivity contribution is -0.131. The van der Waals surface area contributed by atoms with Gasteiger partial charge >= 0.3 is 0 Å². The molecule has 4 heteroatoms. The normalized spacial score (nSPS) is 15.9. The average molecular weight is 234 g/mol. The highest BCUT2D eigenvalue weighted by molar-refractivity contribution is 5.79. The van der Waals surface area contributed by atoms with E-state index in [0.717, 1.165) is 37.3 Å². The fourth-order valence-electron chi connectivity index (χ4n) is 1.97. The van der Waals surface area contributed by atoms with E-state index in [9.17, 15) is 9.90 Å². The van der Waals surface area contributed by atoms with Gasteiger partial charge in [0.2, 0.25) is 5.91 Å². The second kappa shape index (κ2) is 5.19. The predicted molar refractivity (Wildman–Crippen MR) is 66.0 cm³/mol. The minimum Gasteiger partial charge on any atom is -0.508 e. The maximum Gasteiger partial charge on any atom is 0.227 e. The molecule has 4 nitrogen and oxygen atoms in total. The molecule has 1 aliphatic rings. The van der Waals surface area contributed by atoms with E-state index in [4.69, 9.17) is 0 Å². The Labute approximate surface area is 101 Å². The lowest BCUT2D eigenvalue weighted by Gasteiger charge is -2.27. The number of hydrogen-bond donors (Lipinski definition) is 2. The molecule has 17 heavy (non-hydrogen) atoms. The number of rotatable bonds is 2. The summed E-state index contributed by atoms with van der Waals surface area (Å²) in [7, 11) is 0. The highest BCUT2D eigenvalue weighted by Crippen LogP contribution is 2.18. The average Bonchev–Trinajstić information content (AvgIpc) is 2.35. The molecule has 1 aromatic rings. The van der Waals surface area contributed by atoms with Crippen LogP contribution in [0.5, 0.6) is 5.75 Å². The van der Waals surface area contributed by atoms with Gasteiger partial charge in [0.1, 0.15) is 5.75 Å². The summed E-state index contributed by atoms with van der Waals surface area (Å²) in [6.07, 6.45) is 0.369. The fraction of sp³-hybridized carbons (Fsp3) is 0.462. The molecule has 0 aromatic heterocycles. The minimum absolute atomic E-state index is 0.134. The molecular formula is C13H18N2O2. The molecule has 92 valence electrons. The van der Waals surface area contributed by atoms with Crippen molar-refractivity contribution in [1.82, 2.24) is 10.2 Å². The number of phenols is 1.